The lowest BCUT2D eigenvalue weighted by Gasteiger charge is -2.26. The highest BCUT2D eigenvalue weighted by Gasteiger charge is 2.28. The topological polar surface area (TPSA) is 83.5 Å². The van der Waals surface area contributed by atoms with E-state index in [9.17, 15) is 22.7 Å². The number of anilines is 1. The van der Waals surface area contributed by atoms with Crippen molar-refractivity contribution < 1.29 is 22.7 Å². The summed E-state index contributed by atoms with van der Waals surface area (Å²) >= 11 is 0. The van der Waals surface area contributed by atoms with Crippen molar-refractivity contribution in [1.82, 2.24) is 0 Å². The Bertz CT molecular complexity index is 652. The van der Waals surface area contributed by atoms with E-state index in [4.69, 9.17) is 0 Å². The molecule has 0 spiro atoms. The third-order valence-electron chi connectivity index (χ3n) is 3.53. The quantitative estimate of drug-likeness (QED) is 0.759. The molecule has 0 atom stereocenters. The Kier molecular flexibility index (Phi) is 6.70. The molecule has 0 aromatic heterocycles. The summed E-state index contributed by atoms with van der Waals surface area (Å²) in [5.41, 5.74) is -0.889. The number of nitrogens with one attached hydrogen (secondary N) is 1. The Morgan fingerprint density at radius 3 is 2.30 bits per heavy atom. The van der Waals surface area contributed by atoms with Gasteiger partial charge in [0.05, 0.1) is 12.0 Å². The molecule has 0 saturated carbocycles. The second kappa shape index (κ2) is 7.88. The monoisotopic (exact) mass is 345 g/mol. The minimum Gasteiger partial charge on any atom is -0.389 e. The number of sulfone groups is 1. The molecule has 130 valence electrons. The van der Waals surface area contributed by atoms with Crippen LogP contribution in [0.15, 0.2) is 23.1 Å². The zero-order valence-corrected chi connectivity index (χ0v) is 14.5. The van der Waals surface area contributed by atoms with Crippen LogP contribution in [0.25, 0.3) is 0 Å². The molecule has 23 heavy (non-hydrogen) atoms. The van der Waals surface area contributed by atoms with Gasteiger partial charge in [0.25, 0.3) is 0 Å². The third-order valence-corrected chi connectivity index (χ3v) is 4.65. The highest BCUT2D eigenvalue weighted by atomic mass is 32.2. The molecule has 0 unspecified atom stereocenters. The van der Waals surface area contributed by atoms with Crippen molar-refractivity contribution in [3.05, 3.63) is 24.0 Å². The summed E-state index contributed by atoms with van der Waals surface area (Å²) in [6.45, 7) is 3.85. The van der Waals surface area contributed by atoms with Gasteiger partial charge >= 0.3 is 0 Å². The standard InChI is InChI=1S/C16H24FNO4S/c1-4-8-16(20,9-5-2)11-15(19)18-12-6-7-13(17)14(10-12)23(3,21)22/h6-7,10,20H,4-5,8-9,11H2,1-3H3,(H,18,19). The number of hydrogen-bond acceptors (Lipinski definition) is 4. The number of carbonyl (C=O) groups is 1. The lowest BCUT2D eigenvalue weighted by Crippen LogP contribution is -2.33. The van der Waals surface area contributed by atoms with E-state index in [2.05, 4.69) is 5.32 Å². The second-order valence-electron chi connectivity index (χ2n) is 5.87. The second-order valence-corrected chi connectivity index (χ2v) is 7.85. The van der Waals surface area contributed by atoms with E-state index in [1.165, 1.54) is 6.07 Å². The summed E-state index contributed by atoms with van der Waals surface area (Å²) in [7, 11) is -3.72. The molecule has 5 nitrogen and oxygen atoms in total. The summed E-state index contributed by atoms with van der Waals surface area (Å²) in [6.07, 6.45) is 3.33. The molecule has 2 N–H and O–H groups in total. The first-order chi connectivity index (χ1) is 10.6. The van der Waals surface area contributed by atoms with Crippen LogP contribution in [-0.2, 0) is 14.6 Å². The van der Waals surface area contributed by atoms with Gasteiger partial charge in [-0.15, -0.1) is 0 Å². The first-order valence-corrected chi connectivity index (χ1v) is 9.52. The van der Waals surface area contributed by atoms with Crippen molar-refractivity contribution in [2.24, 2.45) is 0 Å². The molecular formula is C16H24FNO4S. The van der Waals surface area contributed by atoms with Crippen LogP contribution in [0.4, 0.5) is 10.1 Å². The van der Waals surface area contributed by atoms with E-state index >= 15 is 0 Å². The Balaban J connectivity index is 2.89. The van der Waals surface area contributed by atoms with Gasteiger partial charge in [0.2, 0.25) is 5.91 Å². The van der Waals surface area contributed by atoms with Crippen LogP contribution >= 0.6 is 0 Å². The molecule has 1 rings (SSSR count). The maximum atomic E-state index is 13.5. The minimum atomic E-state index is -3.72. The summed E-state index contributed by atoms with van der Waals surface area (Å²) in [5.74, 6) is -1.29. The Hall–Kier alpha value is -1.47. The molecule has 1 aromatic rings. The average molecular weight is 345 g/mol. The van der Waals surface area contributed by atoms with Crippen LogP contribution in [-0.4, -0.2) is 31.3 Å². The summed E-state index contributed by atoms with van der Waals surface area (Å²) in [5, 5.41) is 13.0. The highest BCUT2D eigenvalue weighted by molar-refractivity contribution is 7.90. The first kappa shape index (κ1) is 19.6. The molecule has 0 radical (unpaired) electrons. The summed E-state index contributed by atoms with van der Waals surface area (Å²) < 4.78 is 36.5. The van der Waals surface area contributed by atoms with E-state index in [0.29, 0.717) is 12.8 Å². The van der Waals surface area contributed by atoms with Gasteiger partial charge in [0, 0.05) is 11.9 Å². The fourth-order valence-electron chi connectivity index (χ4n) is 2.60. The fraction of sp³-hybridized carbons (Fsp3) is 0.562. The molecule has 1 aromatic carbocycles. The average Bonchev–Trinajstić information content (AvgIpc) is 2.39. The van der Waals surface area contributed by atoms with Crippen LogP contribution in [0.3, 0.4) is 0 Å². The van der Waals surface area contributed by atoms with E-state index in [1.807, 2.05) is 13.8 Å². The van der Waals surface area contributed by atoms with E-state index in [0.717, 1.165) is 31.2 Å². The maximum Gasteiger partial charge on any atom is 0.227 e. The SMILES string of the molecule is CCCC(O)(CCC)CC(=O)Nc1ccc(F)c(S(C)(=O)=O)c1. The third kappa shape index (κ3) is 5.91. The smallest absolute Gasteiger partial charge is 0.227 e. The van der Waals surface area contributed by atoms with Crippen molar-refractivity contribution in [2.45, 2.75) is 56.4 Å². The summed E-state index contributed by atoms with van der Waals surface area (Å²) in [4.78, 5) is 11.6. The van der Waals surface area contributed by atoms with E-state index in [-0.39, 0.29) is 12.1 Å². The van der Waals surface area contributed by atoms with E-state index in [1.54, 1.807) is 0 Å². The molecule has 0 fully saturated rings. The highest BCUT2D eigenvalue weighted by Crippen LogP contribution is 2.25. The van der Waals surface area contributed by atoms with Crippen LogP contribution in [0.1, 0.15) is 46.0 Å². The lowest BCUT2D eigenvalue weighted by molar-refractivity contribution is -0.121. The molecule has 0 aliphatic rings. The van der Waals surface area contributed by atoms with Gasteiger partial charge < -0.3 is 10.4 Å². The number of hydrogen-bond donors (Lipinski definition) is 2. The number of halogens is 1. The summed E-state index contributed by atoms with van der Waals surface area (Å²) in [6, 6.07) is 3.37. The zero-order chi connectivity index (χ0) is 17.7. The molecule has 0 heterocycles. The van der Waals surface area contributed by atoms with Crippen molar-refractivity contribution in [3.8, 4) is 0 Å². The Labute approximate surface area is 136 Å². The van der Waals surface area contributed by atoms with Crippen molar-refractivity contribution in [2.75, 3.05) is 11.6 Å². The fourth-order valence-corrected chi connectivity index (χ4v) is 3.37. The van der Waals surface area contributed by atoms with Crippen LogP contribution in [0, 0.1) is 5.82 Å². The number of benzene rings is 1. The van der Waals surface area contributed by atoms with Crippen molar-refractivity contribution in [1.29, 1.82) is 0 Å². The van der Waals surface area contributed by atoms with Gasteiger partial charge in [-0.2, -0.15) is 0 Å². The number of rotatable bonds is 8. The predicted molar refractivity (Wildman–Crippen MR) is 87.5 cm³/mol. The molecule has 1 amide bonds. The number of amides is 1. The van der Waals surface area contributed by atoms with Crippen molar-refractivity contribution >= 4 is 21.4 Å². The largest absolute Gasteiger partial charge is 0.389 e. The van der Waals surface area contributed by atoms with Crippen molar-refractivity contribution in [3.63, 3.8) is 0 Å². The first-order valence-electron chi connectivity index (χ1n) is 7.63. The lowest BCUT2D eigenvalue weighted by atomic mass is 9.89. The molecular weight excluding hydrogens is 321 g/mol. The normalized spacial score (nSPS) is 12.2. The minimum absolute atomic E-state index is 0.0831. The predicted octanol–water partition coefficient (Wildman–Crippen LogP) is 2.89. The molecule has 0 bridgehead atoms. The van der Waals surface area contributed by atoms with Gasteiger partial charge in [0.1, 0.15) is 10.7 Å². The number of aliphatic hydroxyl groups is 1. The maximum absolute atomic E-state index is 13.5. The van der Waals surface area contributed by atoms with E-state index < -0.39 is 32.1 Å². The van der Waals surface area contributed by atoms with Gasteiger partial charge in [-0.3, -0.25) is 4.79 Å². The van der Waals surface area contributed by atoms with Gasteiger partial charge in [-0.25, -0.2) is 12.8 Å². The zero-order valence-electron chi connectivity index (χ0n) is 13.7. The van der Waals surface area contributed by atoms with Gasteiger partial charge in [-0.1, -0.05) is 26.7 Å². The van der Waals surface area contributed by atoms with Gasteiger partial charge in [0.15, 0.2) is 9.84 Å². The molecule has 0 aliphatic heterocycles. The Morgan fingerprint density at radius 2 is 1.83 bits per heavy atom. The molecule has 7 heteroatoms. The number of carbonyl (C=O) groups excluding carboxylic acids is 1. The van der Waals surface area contributed by atoms with Gasteiger partial charge in [-0.05, 0) is 31.0 Å². The molecule has 0 aliphatic carbocycles. The van der Waals surface area contributed by atoms with Crippen LogP contribution in [0.2, 0.25) is 0 Å². The van der Waals surface area contributed by atoms with Crippen LogP contribution in [0.5, 0.6) is 0 Å². The Morgan fingerprint density at radius 1 is 1.26 bits per heavy atom. The molecule has 0 saturated heterocycles. The van der Waals surface area contributed by atoms with Crippen LogP contribution < -0.4 is 5.32 Å².